The Morgan fingerprint density at radius 3 is 2.88 bits per heavy atom. The van der Waals surface area contributed by atoms with Gasteiger partial charge in [0.25, 0.3) is 0 Å². The molecule has 0 radical (unpaired) electrons. The Hall–Kier alpha value is -1.61. The second-order valence-corrected chi connectivity index (χ2v) is 4.29. The molecule has 2 rings (SSSR count). The summed E-state index contributed by atoms with van der Waals surface area (Å²) in [6.45, 7) is 3.17. The molecule has 1 aromatic carbocycles. The molecule has 0 spiro atoms. The summed E-state index contributed by atoms with van der Waals surface area (Å²) < 4.78 is 0. The monoisotopic (exact) mass is 229 g/mol. The fourth-order valence-corrected chi connectivity index (χ4v) is 2.04. The van der Waals surface area contributed by atoms with E-state index in [4.69, 9.17) is 0 Å². The van der Waals surface area contributed by atoms with Crippen LogP contribution in [0, 0.1) is 6.92 Å². The van der Waals surface area contributed by atoms with Gasteiger partial charge in [-0.2, -0.15) is 5.10 Å². The lowest BCUT2D eigenvalue weighted by molar-refractivity contribution is 0.725. The quantitative estimate of drug-likeness (QED) is 0.773. The number of H-pyrrole nitrogens is 1. The van der Waals surface area contributed by atoms with Crippen LogP contribution in [-0.4, -0.2) is 23.8 Å². The lowest BCUT2D eigenvalue weighted by Crippen LogP contribution is -2.08. The van der Waals surface area contributed by atoms with Gasteiger partial charge in [-0.3, -0.25) is 5.10 Å². The van der Waals surface area contributed by atoms with Crippen molar-refractivity contribution in [1.29, 1.82) is 0 Å². The third-order valence-corrected chi connectivity index (χ3v) is 3.01. The SMILES string of the molecule is CNCCCc1cn[nH]c1-c1ccccc1C. The van der Waals surface area contributed by atoms with Crippen molar-refractivity contribution in [1.82, 2.24) is 15.5 Å². The third kappa shape index (κ3) is 2.74. The van der Waals surface area contributed by atoms with Crippen LogP contribution in [0.5, 0.6) is 0 Å². The highest BCUT2D eigenvalue weighted by molar-refractivity contribution is 5.66. The molecule has 3 heteroatoms. The number of aromatic nitrogens is 2. The van der Waals surface area contributed by atoms with E-state index in [0.29, 0.717) is 0 Å². The van der Waals surface area contributed by atoms with Crippen LogP contribution in [0.25, 0.3) is 11.3 Å². The molecule has 0 saturated heterocycles. The smallest absolute Gasteiger partial charge is 0.0684 e. The predicted molar refractivity (Wildman–Crippen MR) is 71.0 cm³/mol. The molecule has 90 valence electrons. The minimum atomic E-state index is 1.04. The van der Waals surface area contributed by atoms with Crippen LogP contribution in [0.15, 0.2) is 30.5 Å². The zero-order chi connectivity index (χ0) is 12.1. The molecule has 2 N–H and O–H groups in total. The molecule has 3 nitrogen and oxygen atoms in total. The summed E-state index contributed by atoms with van der Waals surface area (Å²) in [6.07, 6.45) is 4.13. The van der Waals surface area contributed by atoms with E-state index in [1.807, 2.05) is 13.2 Å². The van der Waals surface area contributed by atoms with Crippen LogP contribution in [0.1, 0.15) is 17.5 Å². The van der Waals surface area contributed by atoms with Gasteiger partial charge < -0.3 is 5.32 Å². The fraction of sp³-hybridized carbons (Fsp3) is 0.357. The van der Waals surface area contributed by atoms with E-state index in [0.717, 1.165) is 19.4 Å². The first-order valence-corrected chi connectivity index (χ1v) is 6.05. The van der Waals surface area contributed by atoms with Crippen molar-refractivity contribution in [3.8, 4) is 11.3 Å². The van der Waals surface area contributed by atoms with E-state index in [2.05, 4.69) is 46.7 Å². The molecule has 0 bridgehead atoms. The maximum Gasteiger partial charge on any atom is 0.0684 e. The van der Waals surface area contributed by atoms with Crippen molar-refractivity contribution in [2.75, 3.05) is 13.6 Å². The zero-order valence-corrected chi connectivity index (χ0v) is 10.5. The normalized spacial score (nSPS) is 10.7. The Morgan fingerprint density at radius 2 is 2.12 bits per heavy atom. The molecule has 2 aromatic rings. The highest BCUT2D eigenvalue weighted by Crippen LogP contribution is 2.24. The summed E-state index contributed by atoms with van der Waals surface area (Å²) in [5.74, 6) is 0. The number of nitrogens with one attached hydrogen (secondary N) is 2. The standard InChI is InChI=1S/C14H19N3/c1-11-6-3-4-8-13(11)14-12(10-16-17-14)7-5-9-15-2/h3-4,6,8,10,15H,5,7,9H2,1-2H3,(H,16,17). The summed E-state index contributed by atoms with van der Waals surface area (Å²) in [7, 11) is 1.98. The van der Waals surface area contributed by atoms with Crippen molar-refractivity contribution >= 4 is 0 Å². The molecule has 0 fully saturated rings. The van der Waals surface area contributed by atoms with Crippen LogP contribution < -0.4 is 5.32 Å². The average molecular weight is 229 g/mol. The summed E-state index contributed by atoms with van der Waals surface area (Å²) in [6, 6.07) is 8.41. The molecule has 0 saturated carbocycles. The number of hydrogen-bond acceptors (Lipinski definition) is 2. The molecule has 0 aliphatic carbocycles. The molecule has 17 heavy (non-hydrogen) atoms. The number of rotatable bonds is 5. The van der Waals surface area contributed by atoms with E-state index in [9.17, 15) is 0 Å². The van der Waals surface area contributed by atoms with Gasteiger partial charge in [-0.25, -0.2) is 0 Å². The minimum Gasteiger partial charge on any atom is -0.320 e. The number of aryl methyl sites for hydroxylation is 2. The van der Waals surface area contributed by atoms with Gasteiger partial charge in [-0.15, -0.1) is 0 Å². The first-order valence-electron chi connectivity index (χ1n) is 6.05. The molecule has 1 aromatic heterocycles. The highest BCUT2D eigenvalue weighted by Gasteiger charge is 2.08. The van der Waals surface area contributed by atoms with Crippen LogP contribution >= 0.6 is 0 Å². The van der Waals surface area contributed by atoms with Crippen molar-refractivity contribution in [3.63, 3.8) is 0 Å². The fourth-order valence-electron chi connectivity index (χ4n) is 2.04. The van der Waals surface area contributed by atoms with E-state index in [1.54, 1.807) is 0 Å². The minimum absolute atomic E-state index is 1.04. The van der Waals surface area contributed by atoms with Crippen molar-refractivity contribution in [3.05, 3.63) is 41.6 Å². The Kier molecular flexibility index (Phi) is 3.94. The van der Waals surface area contributed by atoms with E-state index < -0.39 is 0 Å². The highest BCUT2D eigenvalue weighted by atomic mass is 15.1. The Bertz CT molecular complexity index is 474. The molecule has 0 aliphatic rings. The maximum atomic E-state index is 4.17. The molecule has 0 unspecified atom stereocenters. The molecule has 0 atom stereocenters. The maximum absolute atomic E-state index is 4.17. The second-order valence-electron chi connectivity index (χ2n) is 4.29. The first-order chi connectivity index (χ1) is 8.33. The van der Waals surface area contributed by atoms with E-state index in [1.165, 1.54) is 22.4 Å². The third-order valence-electron chi connectivity index (χ3n) is 3.01. The van der Waals surface area contributed by atoms with E-state index in [-0.39, 0.29) is 0 Å². The van der Waals surface area contributed by atoms with Crippen molar-refractivity contribution < 1.29 is 0 Å². The number of benzene rings is 1. The van der Waals surface area contributed by atoms with Gasteiger partial charge in [-0.05, 0) is 44.5 Å². The molecular formula is C14H19N3. The van der Waals surface area contributed by atoms with Crippen molar-refractivity contribution in [2.24, 2.45) is 0 Å². The Balaban J connectivity index is 2.22. The number of nitrogens with zero attached hydrogens (tertiary/aromatic N) is 1. The topological polar surface area (TPSA) is 40.7 Å². The van der Waals surface area contributed by atoms with Gasteiger partial charge >= 0.3 is 0 Å². The van der Waals surface area contributed by atoms with Gasteiger partial charge in [0.2, 0.25) is 0 Å². The zero-order valence-electron chi connectivity index (χ0n) is 10.5. The summed E-state index contributed by atoms with van der Waals surface area (Å²) in [4.78, 5) is 0. The van der Waals surface area contributed by atoms with Gasteiger partial charge in [0.1, 0.15) is 0 Å². The summed E-state index contributed by atoms with van der Waals surface area (Å²) in [5, 5.41) is 10.5. The second kappa shape index (κ2) is 5.64. The van der Waals surface area contributed by atoms with Crippen LogP contribution in [0.2, 0.25) is 0 Å². The molecular weight excluding hydrogens is 210 g/mol. The number of hydrogen-bond donors (Lipinski definition) is 2. The lowest BCUT2D eigenvalue weighted by atomic mass is 10.0. The molecule has 0 amide bonds. The Labute approximate surface area is 102 Å². The summed E-state index contributed by atoms with van der Waals surface area (Å²) >= 11 is 0. The van der Waals surface area contributed by atoms with Gasteiger partial charge in [0, 0.05) is 5.56 Å². The average Bonchev–Trinajstić information content (AvgIpc) is 2.78. The predicted octanol–water partition coefficient (Wildman–Crippen LogP) is 2.54. The summed E-state index contributed by atoms with van der Waals surface area (Å²) in [5.41, 5.74) is 5.00. The van der Waals surface area contributed by atoms with Gasteiger partial charge in [0.15, 0.2) is 0 Å². The lowest BCUT2D eigenvalue weighted by Gasteiger charge is -2.06. The van der Waals surface area contributed by atoms with Gasteiger partial charge in [0.05, 0.1) is 11.9 Å². The number of aromatic amines is 1. The Morgan fingerprint density at radius 1 is 1.29 bits per heavy atom. The molecule has 0 aliphatic heterocycles. The van der Waals surface area contributed by atoms with Crippen LogP contribution in [0.3, 0.4) is 0 Å². The van der Waals surface area contributed by atoms with Crippen LogP contribution in [-0.2, 0) is 6.42 Å². The first kappa shape index (κ1) is 11.9. The van der Waals surface area contributed by atoms with Gasteiger partial charge in [-0.1, -0.05) is 24.3 Å². The van der Waals surface area contributed by atoms with Crippen molar-refractivity contribution in [2.45, 2.75) is 19.8 Å². The largest absolute Gasteiger partial charge is 0.320 e. The molecule has 1 heterocycles. The van der Waals surface area contributed by atoms with E-state index >= 15 is 0 Å². The van der Waals surface area contributed by atoms with Crippen LogP contribution in [0.4, 0.5) is 0 Å².